The van der Waals surface area contributed by atoms with Crippen LogP contribution in [0.25, 0.3) is 0 Å². The van der Waals surface area contributed by atoms with Crippen molar-refractivity contribution >= 4 is 17.6 Å². The molecule has 0 nitrogen and oxygen atoms in total. The SMILES string of the molecule is [CH2]CCCCCCCCCCC=S. The molecule has 0 N–H and O–H groups in total. The Balaban J connectivity index is 2.79. The van der Waals surface area contributed by atoms with Gasteiger partial charge in [-0.25, -0.2) is 0 Å². The van der Waals surface area contributed by atoms with Crippen LogP contribution in [0.1, 0.15) is 64.2 Å². The van der Waals surface area contributed by atoms with Gasteiger partial charge in [0.25, 0.3) is 0 Å². The molecule has 0 aromatic rings. The van der Waals surface area contributed by atoms with Crippen LogP contribution in [-0.4, -0.2) is 5.37 Å². The Morgan fingerprint density at radius 3 is 1.69 bits per heavy atom. The molecule has 0 atom stereocenters. The van der Waals surface area contributed by atoms with Gasteiger partial charge in [-0.15, -0.1) is 0 Å². The smallest absolute Gasteiger partial charge is 0.0210 e. The predicted molar refractivity (Wildman–Crippen MR) is 65.2 cm³/mol. The summed E-state index contributed by atoms with van der Waals surface area (Å²) in [5.74, 6) is 0. The molecule has 0 rings (SSSR count). The van der Waals surface area contributed by atoms with Gasteiger partial charge in [-0.2, -0.15) is 0 Å². The minimum Gasteiger partial charge on any atom is -0.0935 e. The zero-order chi connectivity index (χ0) is 9.78. The van der Waals surface area contributed by atoms with Crippen molar-refractivity contribution in [3.05, 3.63) is 6.92 Å². The average molecular weight is 199 g/mol. The molecule has 0 aliphatic carbocycles. The van der Waals surface area contributed by atoms with E-state index in [0.29, 0.717) is 0 Å². The molecule has 1 heteroatoms. The maximum absolute atomic E-state index is 4.77. The van der Waals surface area contributed by atoms with Gasteiger partial charge in [0.2, 0.25) is 0 Å². The summed E-state index contributed by atoms with van der Waals surface area (Å²) in [6, 6.07) is 0. The monoisotopic (exact) mass is 199 g/mol. The third kappa shape index (κ3) is 12.1. The van der Waals surface area contributed by atoms with Gasteiger partial charge in [-0.1, -0.05) is 70.5 Å². The summed E-state index contributed by atoms with van der Waals surface area (Å²) >= 11 is 4.77. The maximum Gasteiger partial charge on any atom is -0.0210 e. The van der Waals surface area contributed by atoms with Gasteiger partial charge in [0.15, 0.2) is 0 Å². The lowest BCUT2D eigenvalue weighted by atomic mass is 10.1. The van der Waals surface area contributed by atoms with Crippen LogP contribution in [0.3, 0.4) is 0 Å². The van der Waals surface area contributed by atoms with E-state index >= 15 is 0 Å². The Bertz CT molecular complexity index is 99.3. The summed E-state index contributed by atoms with van der Waals surface area (Å²) in [4.78, 5) is 0. The molecule has 0 amide bonds. The lowest BCUT2D eigenvalue weighted by molar-refractivity contribution is 0.574. The Morgan fingerprint density at radius 1 is 0.769 bits per heavy atom. The zero-order valence-electron chi connectivity index (χ0n) is 8.76. The quantitative estimate of drug-likeness (QED) is 0.362. The van der Waals surface area contributed by atoms with Crippen LogP contribution in [0, 0.1) is 6.92 Å². The number of hydrogen-bond acceptors (Lipinski definition) is 1. The third-order valence-electron chi connectivity index (χ3n) is 2.32. The second kappa shape index (κ2) is 12.1. The van der Waals surface area contributed by atoms with E-state index in [9.17, 15) is 0 Å². The normalized spacial score (nSPS) is 10.2. The first kappa shape index (κ1) is 13.1. The second-order valence-electron chi connectivity index (χ2n) is 3.64. The first-order valence-corrected chi connectivity index (χ1v) is 6.12. The van der Waals surface area contributed by atoms with Crippen molar-refractivity contribution in [3.63, 3.8) is 0 Å². The highest BCUT2D eigenvalue weighted by Gasteiger charge is 1.90. The summed E-state index contributed by atoms with van der Waals surface area (Å²) in [6.07, 6.45) is 13.2. The average Bonchev–Trinajstić information content (AvgIpc) is 2.16. The summed E-state index contributed by atoms with van der Waals surface area (Å²) in [6.45, 7) is 3.84. The second-order valence-corrected chi connectivity index (χ2v) is 3.97. The minimum atomic E-state index is 1.11. The molecular formula is C12H23S. The maximum atomic E-state index is 4.77. The molecule has 0 bridgehead atoms. The van der Waals surface area contributed by atoms with Crippen molar-refractivity contribution in [2.45, 2.75) is 64.2 Å². The molecule has 1 radical (unpaired) electrons. The summed E-state index contributed by atoms with van der Waals surface area (Å²) in [5.41, 5.74) is 0. The lowest BCUT2D eigenvalue weighted by Gasteiger charge is -2.00. The first-order chi connectivity index (χ1) is 6.41. The van der Waals surface area contributed by atoms with E-state index in [1.807, 2.05) is 5.37 Å². The lowest BCUT2D eigenvalue weighted by Crippen LogP contribution is -1.81. The summed E-state index contributed by atoms with van der Waals surface area (Å²) in [7, 11) is 0. The van der Waals surface area contributed by atoms with Crippen LogP contribution in [0.5, 0.6) is 0 Å². The van der Waals surface area contributed by atoms with Crippen molar-refractivity contribution in [2.24, 2.45) is 0 Å². The van der Waals surface area contributed by atoms with Crippen molar-refractivity contribution in [1.29, 1.82) is 0 Å². The number of hydrogen-bond donors (Lipinski definition) is 0. The molecule has 0 aliphatic heterocycles. The minimum absolute atomic E-state index is 1.11. The first-order valence-electron chi connectivity index (χ1n) is 5.64. The molecule has 0 unspecified atom stereocenters. The van der Waals surface area contributed by atoms with Gasteiger partial charge < -0.3 is 0 Å². The van der Waals surface area contributed by atoms with E-state index < -0.39 is 0 Å². The molecular weight excluding hydrogens is 176 g/mol. The van der Waals surface area contributed by atoms with Gasteiger partial charge in [0.1, 0.15) is 0 Å². The Kier molecular flexibility index (Phi) is 12.2. The van der Waals surface area contributed by atoms with E-state index in [1.165, 1.54) is 51.4 Å². The van der Waals surface area contributed by atoms with Crippen LogP contribution in [0.2, 0.25) is 0 Å². The fraction of sp³-hybridized carbons (Fsp3) is 0.833. The fourth-order valence-electron chi connectivity index (χ4n) is 1.47. The van der Waals surface area contributed by atoms with Crippen LogP contribution >= 0.6 is 12.2 Å². The van der Waals surface area contributed by atoms with E-state index in [4.69, 9.17) is 12.2 Å². The van der Waals surface area contributed by atoms with E-state index in [2.05, 4.69) is 6.92 Å². The molecule has 77 valence electrons. The van der Waals surface area contributed by atoms with Gasteiger partial charge >= 0.3 is 0 Å². The molecule has 0 aromatic carbocycles. The zero-order valence-corrected chi connectivity index (χ0v) is 9.58. The van der Waals surface area contributed by atoms with Crippen molar-refractivity contribution in [2.75, 3.05) is 0 Å². The molecule has 0 saturated heterocycles. The molecule has 0 fully saturated rings. The largest absolute Gasteiger partial charge is 0.0935 e. The standard InChI is InChI=1S/C12H23S/c1-2-3-4-5-6-7-8-9-10-11-12-13/h12H,1-11H2. The number of thiocarbonyl (C=S) groups is 1. The third-order valence-corrected chi connectivity index (χ3v) is 2.56. The van der Waals surface area contributed by atoms with Gasteiger partial charge in [0, 0.05) is 0 Å². The topological polar surface area (TPSA) is 0 Å². The highest BCUT2D eigenvalue weighted by atomic mass is 32.1. The fourth-order valence-corrected chi connectivity index (χ4v) is 1.63. The van der Waals surface area contributed by atoms with Crippen LogP contribution in [-0.2, 0) is 0 Å². The highest BCUT2D eigenvalue weighted by Crippen LogP contribution is 2.09. The molecule has 0 aliphatic rings. The van der Waals surface area contributed by atoms with Crippen molar-refractivity contribution < 1.29 is 0 Å². The molecule has 0 heterocycles. The number of rotatable bonds is 10. The molecule has 13 heavy (non-hydrogen) atoms. The van der Waals surface area contributed by atoms with Crippen LogP contribution in [0.4, 0.5) is 0 Å². The number of unbranched alkanes of at least 4 members (excludes halogenated alkanes) is 9. The molecule has 0 aromatic heterocycles. The predicted octanol–water partition coefficient (Wildman–Crippen LogP) is 4.72. The van der Waals surface area contributed by atoms with Gasteiger partial charge in [-0.3, -0.25) is 0 Å². The Hall–Kier alpha value is 0.0900. The van der Waals surface area contributed by atoms with E-state index in [-0.39, 0.29) is 0 Å². The molecule has 0 spiro atoms. The Labute approximate surface area is 89.1 Å². The highest BCUT2D eigenvalue weighted by molar-refractivity contribution is 7.78. The summed E-state index contributed by atoms with van der Waals surface area (Å²) < 4.78 is 0. The van der Waals surface area contributed by atoms with Crippen LogP contribution < -0.4 is 0 Å². The molecule has 0 saturated carbocycles. The van der Waals surface area contributed by atoms with Gasteiger partial charge in [-0.05, 0) is 18.2 Å². The van der Waals surface area contributed by atoms with Crippen LogP contribution in [0.15, 0.2) is 0 Å². The van der Waals surface area contributed by atoms with Gasteiger partial charge in [0.05, 0.1) is 0 Å². The van der Waals surface area contributed by atoms with E-state index in [1.54, 1.807) is 0 Å². The Morgan fingerprint density at radius 2 is 1.23 bits per heavy atom. The van der Waals surface area contributed by atoms with Crippen molar-refractivity contribution in [3.8, 4) is 0 Å². The van der Waals surface area contributed by atoms with Crippen molar-refractivity contribution in [1.82, 2.24) is 0 Å². The summed E-state index contributed by atoms with van der Waals surface area (Å²) in [5, 5.41) is 1.86. The van der Waals surface area contributed by atoms with E-state index in [0.717, 1.165) is 12.8 Å².